The van der Waals surface area contributed by atoms with E-state index in [0.717, 1.165) is 6.08 Å². The van der Waals surface area contributed by atoms with Gasteiger partial charge in [0.2, 0.25) is 5.91 Å². The van der Waals surface area contributed by atoms with Crippen molar-refractivity contribution in [1.29, 1.82) is 0 Å². The molecule has 12 heavy (non-hydrogen) atoms. The zero-order valence-corrected chi connectivity index (χ0v) is 7.05. The van der Waals surface area contributed by atoms with E-state index < -0.39 is 11.9 Å². The molecule has 0 rings (SSSR count). The minimum absolute atomic E-state index is 0.00579. The lowest BCUT2D eigenvalue weighted by molar-refractivity contribution is -0.133. The number of hydrogen-bond acceptors (Lipinski definition) is 2. The molecule has 0 atom stereocenters. The van der Waals surface area contributed by atoms with Crippen molar-refractivity contribution in [2.45, 2.75) is 13.8 Å². The average Bonchev–Trinajstić information content (AvgIpc) is 1.84. The SMILES string of the molecule is C=C(C)NC(=O)C=C(C)C(=O)O. The average molecular weight is 169 g/mol. The molecule has 4 heteroatoms. The summed E-state index contributed by atoms with van der Waals surface area (Å²) < 4.78 is 0. The Morgan fingerprint density at radius 1 is 1.42 bits per heavy atom. The van der Waals surface area contributed by atoms with Gasteiger partial charge in [-0.25, -0.2) is 4.79 Å². The summed E-state index contributed by atoms with van der Waals surface area (Å²) in [4.78, 5) is 21.1. The van der Waals surface area contributed by atoms with Crippen LogP contribution in [0.1, 0.15) is 13.8 Å². The maximum atomic E-state index is 10.9. The minimum Gasteiger partial charge on any atom is -0.478 e. The predicted molar refractivity (Wildman–Crippen MR) is 44.3 cm³/mol. The van der Waals surface area contributed by atoms with Gasteiger partial charge < -0.3 is 10.4 Å². The number of amides is 1. The summed E-state index contributed by atoms with van der Waals surface area (Å²) in [5.74, 6) is -1.57. The van der Waals surface area contributed by atoms with Crippen LogP contribution in [0.4, 0.5) is 0 Å². The third kappa shape index (κ3) is 4.27. The fourth-order valence-corrected chi connectivity index (χ4v) is 0.505. The molecule has 1 amide bonds. The van der Waals surface area contributed by atoms with Gasteiger partial charge in [0.1, 0.15) is 0 Å². The zero-order chi connectivity index (χ0) is 9.72. The summed E-state index contributed by atoms with van der Waals surface area (Å²) in [5.41, 5.74) is 0.475. The van der Waals surface area contributed by atoms with Crippen molar-refractivity contribution in [3.8, 4) is 0 Å². The van der Waals surface area contributed by atoms with Crippen molar-refractivity contribution >= 4 is 11.9 Å². The van der Waals surface area contributed by atoms with Gasteiger partial charge in [0.15, 0.2) is 0 Å². The van der Waals surface area contributed by atoms with Gasteiger partial charge in [-0.15, -0.1) is 0 Å². The second kappa shape index (κ2) is 4.33. The van der Waals surface area contributed by atoms with E-state index in [-0.39, 0.29) is 5.57 Å². The first kappa shape index (κ1) is 10.4. The molecule has 0 aliphatic rings. The highest BCUT2D eigenvalue weighted by Crippen LogP contribution is 1.91. The van der Waals surface area contributed by atoms with E-state index >= 15 is 0 Å². The highest BCUT2D eigenvalue weighted by Gasteiger charge is 2.02. The van der Waals surface area contributed by atoms with Gasteiger partial charge in [0.05, 0.1) is 0 Å². The smallest absolute Gasteiger partial charge is 0.331 e. The number of carboxylic acid groups (broad SMARTS) is 1. The van der Waals surface area contributed by atoms with Crippen molar-refractivity contribution in [1.82, 2.24) is 5.32 Å². The lowest BCUT2D eigenvalue weighted by Crippen LogP contribution is -2.19. The van der Waals surface area contributed by atoms with Gasteiger partial charge in [-0.1, -0.05) is 6.58 Å². The number of carboxylic acids is 1. The van der Waals surface area contributed by atoms with Gasteiger partial charge in [0, 0.05) is 17.3 Å². The van der Waals surface area contributed by atoms with Crippen LogP contribution < -0.4 is 5.32 Å². The Morgan fingerprint density at radius 3 is 2.25 bits per heavy atom. The van der Waals surface area contributed by atoms with Gasteiger partial charge >= 0.3 is 5.97 Å². The highest BCUT2D eigenvalue weighted by molar-refractivity contribution is 5.97. The Balaban J connectivity index is 4.24. The molecule has 0 aliphatic heterocycles. The molecule has 0 saturated carbocycles. The number of aliphatic carboxylic acids is 1. The molecule has 0 saturated heterocycles. The summed E-state index contributed by atoms with van der Waals surface area (Å²) in [6, 6.07) is 0. The van der Waals surface area contributed by atoms with E-state index in [1.807, 2.05) is 0 Å². The van der Waals surface area contributed by atoms with Crippen molar-refractivity contribution in [2.24, 2.45) is 0 Å². The fraction of sp³-hybridized carbons (Fsp3) is 0.250. The lowest BCUT2D eigenvalue weighted by atomic mass is 10.3. The molecule has 0 aromatic carbocycles. The van der Waals surface area contributed by atoms with Gasteiger partial charge in [-0.2, -0.15) is 0 Å². The number of allylic oxidation sites excluding steroid dienone is 1. The van der Waals surface area contributed by atoms with E-state index in [1.165, 1.54) is 6.92 Å². The maximum absolute atomic E-state index is 10.9. The molecule has 0 spiro atoms. The number of rotatable bonds is 3. The largest absolute Gasteiger partial charge is 0.478 e. The normalized spacial score (nSPS) is 10.7. The third-order valence-corrected chi connectivity index (χ3v) is 1.02. The molecule has 0 radical (unpaired) electrons. The molecule has 0 aliphatic carbocycles. The van der Waals surface area contributed by atoms with Crippen LogP contribution in [0.3, 0.4) is 0 Å². The molecular formula is C8H11NO3. The summed E-state index contributed by atoms with van der Waals surface area (Å²) >= 11 is 0. The molecule has 0 heterocycles. The van der Waals surface area contributed by atoms with E-state index in [9.17, 15) is 9.59 Å². The van der Waals surface area contributed by atoms with Crippen LogP contribution in [0.2, 0.25) is 0 Å². The fourth-order valence-electron chi connectivity index (χ4n) is 0.505. The van der Waals surface area contributed by atoms with Gasteiger partial charge in [-0.3, -0.25) is 4.79 Å². The summed E-state index contributed by atoms with van der Waals surface area (Å²) in [6.07, 6.45) is 1.01. The number of hydrogen-bond donors (Lipinski definition) is 2. The highest BCUT2D eigenvalue weighted by atomic mass is 16.4. The standard InChI is InChI=1S/C8H11NO3/c1-5(2)9-7(10)4-6(3)8(11)12/h4H,1H2,2-3H3,(H,9,10)(H,11,12). The van der Waals surface area contributed by atoms with Gasteiger partial charge in [0.25, 0.3) is 0 Å². The molecule has 0 fully saturated rings. The molecule has 0 unspecified atom stereocenters. The Kier molecular flexibility index (Phi) is 3.76. The summed E-state index contributed by atoms with van der Waals surface area (Å²) in [7, 11) is 0. The molecule has 66 valence electrons. The van der Waals surface area contributed by atoms with Crippen LogP contribution in [-0.4, -0.2) is 17.0 Å². The van der Waals surface area contributed by atoms with E-state index in [1.54, 1.807) is 6.92 Å². The van der Waals surface area contributed by atoms with Crippen LogP contribution in [0, 0.1) is 0 Å². The Bertz CT molecular complexity index is 253. The first-order valence-electron chi connectivity index (χ1n) is 3.31. The number of carbonyl (C=O) groups excluding carboxylic acids is 1. The van der Waals surface area contributed by atoms with Crippen molar-refractivity contribution in [3.63, 3.8) is 0 Å². The number of nitrogens with one attached hydrogen (secondary N) is 1. The maximum Gasteiger partial charge on any atom is 0.331 e. The van der Waals surface area contributed by atoms with Crippen LogP contribution in [-0.2, 0) is 9.59 Å². The molecular weight excluding hydrogens is 158 g/mol. The summed E-state index contributed by atoms with van der Waals surface area (Å²) in [6.45, 7) is 6.40. The molecule has 0 bridgehead atoms. The first-order valence-corrected chi connectivity index (χ1v) is 3.31. The monoisotopic (exact) mass is 169 g/mol. The van der Waals surface area contributed by atoms with Gasteiger partial charge in [-0.05, 0) is 13.8 Å². The quantitative estimate of drug-likeness (QED) is 0.610. The van der Waals surface area contributed by atoms with Crippen molar-refractivity contribution in [3.05, 3.63) is 23.9 Å². The second-order valence-corrected chi connectivity index (χ2v) is 2.40. The molecule has 4 nitrogen and oxygen atoms in total. The third-order valence-electron chi connectivity index (χ3n) is 1.02. The van der Waals surface area contributed by atoms with Crippen molar-refractivity contribution in [2.75, 3.05) is 0 Å². The van der Waals surface area contributed by atoms with Crippen LogP contribution >= 0.6 is 0 Å². The van der Waals surface area contributed by atoms with Crippen LogP contribution in [0.25, 0.3) is 0 Å². The first-order chi connectivity index (χ1) is 5.43. The van der Waals surface area contributed by atoms with Crippen LogP contribution in [0.15, 0.2) is 23.9 Å². The second-order valence-electron chi connectivity index (χ2n) is 2.40. The molecule has 0 aromatic rings. The lowest BCUT2D eigenvalue weighted by Gasteiger charge is -1.98. The predicted octanol–water partition coefficient (Wildman–Crippen LogP) is 0.667. The van der Waals surface area contributed by atoms with Crippen molar-refractivity contribution < 1.29 is 14.7 Å². The topological polar surface area (TPSA) is 66.4 Å². The zero-order valence-electron chi connectivity index (χ0n) is 7.05. The van der Waals surface area contributed by atoms with E-state index in [0.29, 0.717) is 5.70 Å². The Labute approximate surface area is 70.6 Å². The van der Waals surface area contributed by atoms with E-state index in [2.05, 4.69) is 11.9 Å². The van der Waals surface area contributed by atoms with Crippen LogP contribution in [0.5, 0.6) is 0 Å². The minimum atomic E-state index is -1.10. The summed E-state index contributed by atoms with van der Waals surface area (Å²) in [5, 5.41) is 10.7. The molecule has 0 aromatic heterocycles. The Morgan fingerprint density at radius 2 is 1.92 bits per heavy atom. The molecule has 2 N–H and O–H groups in total. The number of carbonyl (C=O) groups is 2. The van der Waals surface area contributed by atoms with E-state index in [4.69, 9.17) is 5.11 Å². The Hall–Kier alpha value is -1.58.